The van der Waals surface area contributed by atoms with E-state index in [9.17, 15) is 9.59 Å². The third kappa shape index (κ3) is 4.29. The molecule has 1 fully saturated rings. The van der Waals surface area contributed by atoms with Crippen LogP contribution in [0.5, 0.6) is 0 Å². The van der Waals surface area contributed by atoms with Gasteiger partial charge in [0.25, 0.3) is 0 Å². The second kappa shape index (κ2) is 7.36. The molecular weight excluding hydrogens is 232 g/mol. The first-order chi connectivity index (χ1) is 8.56. The number of piperidine rings is 1. The molecule has 0 saturated carbocycles. The molecule has 18 heavy (non-hydrogen) atoms. The molecule has 1 rings (SSSR count). The van der Waals surface area contributed by atoms with Gasteiger partial charge in [0, 0.05) is 12.6 Å². The van der Waals surface area contributed by atoms with Crippen LogP contribution in [0.15, 0.2) is 0 Å². The summed E-state index contributed by atoms with van der Waals surface area (Å²) in [5, 5.41) is 3.22. The van der Waals surface area contributed by atoms with Gasteiger partial charge in [0.05, 0.1) is 12.5 Å². The highest BCUT2D eigenvalue weighted by atomic mass is 16.5. The molecular formula is C13H24N2O3. The smallest absolute Gasteiger partial charge is 0.325 e. The van der Waals surface area contributed by atoms with Gasteiger partial charge in [-0.25, -0.2) is 0 Å². The van der Waals surface area contributed by atoms with Crippen molar-refractivity contribution in [3.63, 3.8) is 0 Å². The number of carbonyl (C=O) groups is 2. The lowest BCUT2D eigenvalue weighted by Crippen LogP contribution is -2.48. The van der Waals surface area contributed by atoms with Gasteiger partial charge in [-0.2, -0.15) is 0 Å². The Labute approximate surface area is 109 Å². The molecule has 1 aliphatic rings. The number of hydrogen-bond donors (Lipinski definition) is 1. The van der Waals surface area contributed by atoms with Gasteiger partial charge in [-0.1, -0.05) is 0 Å². The van der Waals surface area contributed by atoms with Crippen molar-refractivity contribution in [3.8, 4) is 0 Å². The summed E-state index contributed by atoms with van der Waals surface area (Å²) in [6, 6.07) is 0.0174. The molecule has 1 heterocycles. The van der Waals surface area contributed by atoms with Crippen LogP contribution in [0.1, 0.15) is 33.6 Å². The van der Waals surface area contributed by atoms with Gasteiger partial charge in [0.1, 0.15) is 6.54 Å². The van der Waals surface area contributed by atoms with Crippen molar-refractivity contribution in [2.75, 3.05) is 26.2 Å². The Hall–Kier alpha value is -1.10. The summed E-state index contributed by atoms with van der Waals surface area (Å²) in [6.07, 6.45) is 1.92. The molecule has 1 amide bonds. The molecule has 1 saturated heterocycles. The van der Waals surface area contributed by atoms with Crippen LogP contribution in [0.4, 0.5) is 0 Å². The average molecular weight is 256 g/mol. The van der Waals surface area contributed by atoms with Crippen LogP contribution in [0.2, 0.25) is 0 Å². The summed E-state index contributed by atoms with van der Waals surface area (Å²) in [5.74, 6) is -0.274. The van der Waals surface area contributed by atoms with Crippen LogP contribution in [0.3, 0.4) is 0 Å². The average Bonchev–Trinajstić information content (AvgIpc) is 2.36. The van der Waals surface area contributed by atoms with Crippen molar-refractivity contribution in [1.29, 1.82) is 0 Å². The number of hydrogen-bond acceptors (Lipinski definition) is 4. The lowest BCUT2D eigenvalue weighted by molar-refractivity contribution is -0.151. The van der Waals surface area contributed by atoms with E-state index in [1.54, 1.807) is 11.8 Å². The number of ether oxygens (including phenoxy) is 1. The minimum Gasteiger partial charge on any atom is -0.465 e. The van der Waals surface area contributed by atoms with Gasteiger partial charge in [-0.15, -0.1) is 0 Å². The highest BCUT2D eigenvalue weighted by Crippen LogP contribution is 2.15. The fourth-order valence-electron chi connectivity index (χ4n) is 2.16. The Bertz CT molecular complexity index is 286. The van der Waals surface area contributed by atoms with Crippen molar-refractivity contribution in [2.45, 2.75) is 39.7 Å². The number of esters is 1. The fourth-order valence-corrected chi connectivity index (χ4v) is 2.16. The number of amides is 1. The topological polar surface area (TPSA) is 58.6 Å². The maximum absolute atomic E-state index is 12.4. The summed E-state index contributed by atoms with van der Waals surface area (Å²) < 4.78 is 4.91. The molecule has 0 unspecified atom stereocenters. The van der Waals surface area contributed by atoms with Crippen molar-refractivity contribution >= 4 is 11.9 Å². The predicted molar refractivity (Wildman–Crippen MR) is 69.1 cm³/mol. The molecule has 0 spiro atoms. The summed E-state index contributed by atoms with van der Waals surface area (Å²) >= 11 is 0. The zero-order chi connectivity index (χ0) is 13.5. The Morgan fingerprint density at radius 3 is 2.67 bits per heavy atom. The first-order valence-corrected chi connectivity index (χ1v) is 6.73. The molecule has 1 atom stereocenters. The molecule has 5 nitrogen and oxygen atoms in total. The van der Waals surface area contributed by atoms with Crippen LogP contribution >= 0.6 is 0 Å². The van der Waals surface area contributed by atoms with Gasteiger partial charge in [-0.05, 0) is 40.2 Å². The van der Waals surface area contributed by atoms with Gasteiger partial charge in [-0.3, -0.25) is 9.59 Å². The largest absolute Gasteiger partial charge is 0.465 e. The van der Waals surface area contributed by atoms with Crippen molar-refractivity contribution < 1.29 is 14.3 Å². The van der Waals surface area contributed by atoms with Gasteiger partial charge >= 0.3 is 5.97 Å². The predicted octanol–water partition coefficient (Wildman–Crippen LogP) is 0.786. The zero-order valence-electron chi connectivity index (χ0n) is 11.6. The Morgan fingerprint density at radius 1 is 1.44 bits per heavy atom. The molecule has 0 radical (unpaired) electrons. The van der Waals surface area contributed by atoms with Crippen LogP contribution in [-0.2, 0) is 14.3 Å². The molecule has 1 aliphatic heterocycles. The lowest BCUT2D eigenvalue weighted by Gasteiger charge is -2.31. The quantitative estimate of drug-likeness (QED) is 0.739. The summed E-state index contributed by atoms with van der Waals surface area (Å²) in [7, 11) is 0. The molecule has 1 N–H and O–H groups in total. The summed E-state index contributed by atoms with van der Waals surface area (Å²) in [6.45, 7) is 7.71. The SMILES string of the molecule is CCOC(=O)CN(C(=O)[C@@H]1CCCNC1)C(C)C. The minimum atomic E-state index is -0.330. The van der Waals surface area contributed by atoms with E-state index < -0.39 is 0 Å². The van der Waals surface area contributed by atoms with E-state index >= 15 is 0 Å². The number of rotatable bonds is 5. The number of carbonyl (C=O) groups excluding carboxylic acids is 2. The Kier molecular flexibility index (Phi) is 6.12. The van der Waals surface area contributed by atoms with E-state index in [-0.39, 0.29) is 30.4 Å². The highest BCUT2D eigenvalue weighted by Gasteiger charge is 2.28. The third-order valence-corrected chi connectivity index (χ3v) is 3.16. The van der Waals surface area contributed by atoms with Crippen LogP contribution in [-0.4, -0.2) is 49.1 Å². The van der Waals surface area contributed by atoms with E-state index in [0.717, 1.165) is 19.4 Å². The molecule has 5 heteroatoms. The van der Waals surface area contributed by atoms with Crippen LogP contribution in [0, 0.1) is 5.92 Å². The van der Waals surface area contributed by atoms with Crippen LogP contribution < -0.4 is 5.32 Å². The van der Waals surface area contributed by atoms with E-state index in [1.807, 2.05) is 13.8 Å². The first-order valence-electron chi connectivity index (χ1n) is 6.73. The number of nitrogens with zero attached hydrogens (tertiary/aromatic N) is 1. The summed E-state index contributed by atoms with van der Waals surface area (Å²) in [4.78, 5) is 25.5. The third-order valence-electron chi connectivity index (χ3n) is 3.16. The summed E-state index contributed by atoms with van der Waals surface area (Å²) in [5.41, 5.74) is 0. The zero-order valence-corrected chi connectivity index (χ0v) is 11.6. The Balaban J connectivity index is 2.59. The highest BCUT2D eigenvalue weighted by molar-refractivity contribution is 5.84. The van der Waals surface area contributed by atoms with Gasteiger partial charge < -0.3 is 15.0 Å². The second-order valence-electron chi connectivity index (χ2n) is 4.91. The number of nitrogens with one attached hydrogen (secondary N) is 1. The molecule has 0 aromatic carbocycles. The second-order valence-corrected chi connectivity index (χ2v) is 4.91. The minimum absolute atomic E-state index is 0.00410. The Morgan fingerprint density at radius 2 is 2.17 bits per heavy atom. The van der Waals surface area contributed by atoms with E-state index in [1.165, 1.54) is 0 Å². The molecule has 0 aromatic rings. The lowest BCUT2D eigenvalue weighted by atomic mass is 9.97. The molecule has 0 aliphatic carbocycles. The normalized spacial score (nSPS) is 19.7. The maximum Gasteiger partial charge on any atom is 0.325 e. The van der Waals surface area contributed by atoms with Gasteiger partial charge in [0.15, 0.2) is 0 Å². The van der Waals surface area contributed by atoms with Crippen LogP contribution in [0.25, 0.3) is 0 Å². The van der Waals surface area contributed by atoms with Crippen molar-refractivity contribution in [1.82, 2.24) is 10.2 Å². The van der Waals surface area contributed by atoms with E-state index in [4.69, 9.17) is 4.74 Å². The first kappa shape index (κ1) is 15.0. The van der Waals surface area contributed by atoms with E-state index in [0.29, 0.717) is 13.2 Å². The van der Waals surface area contributed by atoms with Crippen molar-refractivity contribution in [3.05, 3.63) is 0 Å². The van der Waals surface area contributed by atoms with E-state index in [2.05, 4.69) is 5.32 Å². The molecule has 0 bridgehead atoms. The fraction of sp³-hybridized carbons (Fsp3) is 0.846. The molecule has 104 valence electrons. The maximum atomic E-state index is 12.4. The molecule has 0 aromatic heterocycles. The van der Waals surface area contributed by atoms with Gasteiger partial charge in [0.2, 0.25) is 5.91 Å². The monoisotopic (exact) mass is 256 g/mol. The van der Waals surface area contributed by atoms with Crippen molar-refractivity contribution in [2.24, 2.45) is 5.92 Å². The standard InChI is InChI=1S/C13H24N2O3/c1-4-18-12(16)9-15(10(2)3)13(17)11-6-5-7-14-8-11/h10-11,14H,4-9H2,1-3H3/t11-/m1/s1.